The minimum Gasteiger partial charge on any atom is -0.508 e. The van der Waals surface area contributed by atoms with Crippen molar-refractivity contribution in [1.82, 2.24) is 10.3 Å². The normalized spacial score (nSPS) is 11.7. The predicted octanol–water partition coefficient (Wildman–Crippen LogP) is 1.12. The van der Waals surface area contributed by atoms with Crippen molar-refractivity contribution in [3.63, 3.8) is 0 Å². The highest BCUT2D eigenvalue weighted by atomic mass is 16.5. The molecule has 0 spiro atoms. The average Bonchev–Trinajstić information content (AvgIpc) is 2.55. The maximum atomic E-state index is 11.8. The first-order valence-electron chi connectivity index (χ1n) is 7.31. The van der Waals surface area contributed by atoms with E-state index < -0.39 is 17.9 Å². The van der Waals surface area contributed by atoms with Crippen molar-refractivity contribution in [3.05, 3.63) is 59.9 Å². The van der Waals surface area contributed by atoms with Crippen LogP contribution < -0.4 is 5.32 Å². The lowest BCUT2D eigenvalue weighted by molar-refractivity contribution is -0.142. The summed E-state index contributed by atoms with van der Waals surface area (Å²) in [4.78, 5) is 27.0. The van der Waals surface area contributed by atoms with Crippen molar-refractivity contribution in [1.29, 1.82) is 0 Å². The largest absolute Gasteiger partial charge is 0.508 e. The van der Waals surface area contributed by atoms with Crippen molar-refractivity contribution in [3.8, 4) is 5.75 Å². The molecular formula is C17H18N2O5. The highest BCUT2D eigenvalue weighted by Gasteiger charge is 2.20. The zero-order chi connectivity index (χ0) is 17.4. The van der Waals surface area contributed by atoms with Gasteiger partial charge < -0.3 is 20.3 Å². The molecule has 1 aromatic carbocycles. The van der Waals surface area contributed by atoms with E-state index >= 15 is 0 Å². The molecule has 1 atom stereocenters. The molecule has 1 amide bonds. The molecule has 7 heteroatoms. The van der Waals surface area contributed by atoms with E-state index in [0.717, 1.165) is 5.56 Å². The van der Waals surface area contributed by atoms with Gasteiger partial charge in [-0.25, -0.2) is 4.79 Å². The lowest BCUT2D eigenvalue weighted by Gasteiger charge is -2.15. The molecule has 0 radical (unpaired) electrons. The Balaban J connectivity index is 1.83. The number of aliphatic carboxylic acids is 1. The number of aromatic hydroxyl groups is 1. The van der Waals surface area contributed by atoms with Crippen LogP contribution in [0, 0.1) is 0 Å². The van der Waals surface area contributed by atoms with Crippen LogP contribution in [0.15, 0.2) is 48.8 Å². The number of ether oxygens (including phenoxy) is 1. The smallest absolute Gasteiger partial charge is 0.326 e. The number of carboxylic acids is 1. The van der Waals surface area contributed by atoms with Crippen LogP contribution in [0.1, 0.15) is 11.1 Å². The number of carbonyl (C=O) groups excluding carboxylic acids is 1. The van der Waals surface area contributed by atoms with Crippen molar-refractivity contribution < 1.29 is 24.5 Å². The first kappa shape index (κ1) is 17.4. The monoisotopic (exact) mass is 330 g/mol. The van der Waals surface area contributed by atoms with Gasteiger partial charge in [0.25, 0.3) is 0 Å². The summed E-state index contributed by atoms with van der Waals surface area (Å²) in [6.45, 7) is -0.00756. The van der Waals surface area contributed by atoms with Gasteiger partial charge in [-0.15, -0.1) is 0 Å². The molecule has 1 aromatic heterocycles. The Morgan fingerprint density at radius 3 is 2.58 bits per heavy atom. The molecule has 1 heterocycles. The topological polar surface area (TPSA) is 109 Å². The molecule has 0 unspecified atom stereocenters. The highest BCUT2D eigenvalue weighted by molar-refractivity contribution is 5.84. The fourth-order valence-electron chi connectivity index (χ4n) is 2.10. The highest BCUT2D eigenvalue weighted by Crippen LogP contribution is 2.12. The predicted molar refractivity (Wildman–Crippen MR) is 85.3 cm³/mol. The fourth-order valence-corrected chi connectivity index (χ4v) is 2.10. The first-order chi connectivity index (χ1) is 11.5. The maximum Gasteiger partial charge on any atom is 0.326 e. The zero-order valence-corrected chi connectivity index (χ0v) is 12.9. The number of carboxylic acid groups (broad SMARTS) is 1. The van der Waals surface area contributed by atoms with Crippen LogP contribution in [0.25, 0.3) is 0 Å². The van der Waals surface area contributed by atoms with Gasteiger partial charge in [0, 0.05) is 18.8 Å². The van der Waals surface area contributed by atoms with Crippen LogP contribution in [0.2, 0.25) is 0 Å². The number of phenols is 1. The molecule has 24 heavy (non-hydrogen) atoms. The fraction of sp³-hybridized carbons (Fsp3) is 0.235. The number of nitrogens with zero attached hydrogens (tertiary/aromatic N) is 1. The van der Waals surface area contributed by atoms with E-state index in [1.165, 1.54) is 12.1 Å². The number of nitrogens with one attached hydrogen (secondary N) is 1. The van der Waals surface area contributed by atoms with Crippen molar-refractivity contribution in [2.24, 2.45) is 0 Å². The van der Waals surface area contributed by atoms with Crippen LogP contribution in [-0.4, -0.2) is 39.7 Å². The Hall–Kier alpha value is -2.93. The van der Waals surface area contributed by atoms with Gasteiger partial charge in [0.1, 0.15) is 18.4 Å². The number of carbonyl (C=O) groups is 2. The Morgan fingerprint density at radius 2 is 1.92 bits per heavy atom. The third-order valence-electron chi connectivity index (χ3n) is 3.23. The van der Waals surface area contributed by atoms with Gasteiger partial charge in [-0.05, 0) is 35.4 Å². The van der Waals surface area contributed by atoms with Crippen molar-refractivity contribution in [2.45, 2.75) is 19.1 Å². The molecule has 0 saturated carbocycles. The third-order valence-corrected chi connectivity index (χ3v) is 3.23. The van der Waals surface area contributed by atoms with Crippen LogP contribution in [0.3, 0.4) is 0 Å². The summed E-state index contributed by atoms with van der Waals surface area (Å²) < 4.78 is 5.26. The van der Waals surface area contributed by atoms with Crippen LogP contribution >= 0.6 is 0 Å². The number of hydrogen-bond donors (Lipinski definition) is 3. The summed E-state index contributed by atoms with van der Waals surface area (Å²) in [5, 5.41) is 21.1. The van der Waals surface area contributed by atoms with Gasteiger partial charge >= 0.3 is 5.97 Å². The molecule has 2 aromatic rings. The number of aromatic nitrogens is 1. The molecule has 0 bridgehead atoms. The Morgan fingerprint density at radius 1 is 1.17 bits per heavy atom. The lowest BCUT2D eigenvalue weighted by Crippen LogP contribution is -2.43. The van der Waals surface area contributed by atoms with E-state index in [2.05, 4.69) is 10.3 Å². The summed E-state index contributed by atoms with van der Waals surface area (Å²) in [6.07, 6.45) is 3.31. The summed E-state index contributed by atoms with van der Waals surface area (Å²) in [5.41, 5.74) is 1.48. The molecule has 0 aliphatic heterocycles. The minimum atomic E-state index is -1.15. The molecule has 0 aliphatic rings. The van der Waals surface area contributed by atoms with Gasteiger partial charge in [0.05, 0.1) is 6.61 Å². The molecule has 0 saturated heterocycles. The molecule has 126 valence electrons. The van der Waals surface area contributed by atoms with Gasteiger partial charge in [0.15, 0.2) is 0 Å². The van der Waals surface area contributed by atoms with Gasteiger partial charge in [-0.1, -0.05) is 12.1 Å². The maximum absolute atomic E-state index is 11.8. The number of pyridine rings is 1. The standard InChI is InChI=1S/C17H18N2O5/c20-14-3-1-2-13(8-14)9-15(17(22)23)19-16(21)11-24-10-12-4-6-18-7-5-12/h1-8,15,20H,9-11H2,(H,19,21)(H,22,23)/t15-/m1/s1. The van der Waals surface area contributed by atoms with Gasteiger partial charge in [0.2, 0.25) is 5.91 Å². The number of phenolic OH excluding ortho intramolecular Hbond substituents is 1. The van der Waals surface area contributed by atoms with Crippen LogP contribution in [0.5, 0.6) is 5.75 Å². The SMILES string of the molecule is O=C(COCc1ccncc1)N[C@H](Cc1cccc(O)c1)C(=O)O. The number of amides is 1. The van der Waals surface area contributed by atoms with E-state index in [4.69, 9.17) is 4.74 Å². The zero-order valence-electron chi connectivity index (χ0n) is 12.9. The number of hydrogen-bond acceptors (Lipinski definition) is 5. The number of benzene rings is 1. The second kappa shape index (κ2) is 8.64. The second-order valence-corrected chi connectivity index (χ2v) is 5.18. The van der Waals surface area contributed by atoms with Gasteiger partial charge in [-0.3, -0.25) is 9.78 Å². The molecule has 0 aliphatic carbocycles. The van der Waals surface area contributed by atoms with Crippen LogP contribution in [-0.2, 0) is 27.4 Å². The Bertz CT molecular complexity index is 690. The van der Waals surface area contributed by atoms with Crippen LogP contribution in [0.4, 0.5) is 0 Å². The summed E-state index contributed by atoms with van der Waals surface area (Å²) in [6, 6.07) is 8.68. The molecule has 2 rings (SSSR count). The molecule has 0 fully saturated rings. The van der Waals surface area contributed by atoms with E-state index in [9.17, 15) is 19.8 Å². The van der Waals surface area contributed by atoms with Gasteiger partial charge in [-0.2, -0.15) is 0 Å². The Labute approximate surface area is 138 Å². The molecule has 3 N–H and O–H groups in total. The second-order valence-electron chi connectivity index (χ2n) is 5.18. The van der Waals surface area contributed by atoms with Crippen molar-refractivity contribution in [2.75, 3.05) is 6.61 Å². The van der Waals surface area contributed by atoms with E-state index in [0.29, 0.717) is 5.56 Å². The third kappa shape index (κ3) is 5.69. The van der Waals surface area contributed by atoms with E-state index in [1.807, 2.05) is 0 Å². The van der Waals surface area contributed by atoms with E-state index in [1.54, 1.807) is 36.7 Å². The summed E-state index contributed by atoms with van der Waals surface area (Å²) in [7, 11) is 0. The summed E-state index contributed by atoms with van der Waals surface area (Å²) in [5.74, 6) is -1.62. The first-order valence-corrected chi connectivity index (χ1v) is 7.31. The van der Waals surface area contributed by atoms with Crippen molar-refractivity contribution >= 4 is 11.9 Å². The number of rotatable bonds is 8. The van der Waals surface area contributed by atoms with E-state index in [-0.39, 0.29) is 25.4 Å². The lowest BCUT2D eigenvalue weighted by atomic mass is 10.1. The quantitative estimate of drug-likeness (QED) is 0.669. The molecular weight excluding hydrogens is 312 g/mol. The summed E-state index contributed by atoms with van der Waals surface area (Å²) >= 11 is 0. The Kier molecular flexibility index (Phi) is 6.27. The minimum absolute atomic E-state index is 0.0450. The average molecular weight is 330 g/mol. The molecule has 7 nitrogen and oxygen atoms in total.